The molecule has 1 saturated heterocycles. The van der Waals surface area contributed by atoms with Crippen LogP contribution in [0.4, 0.5) is 0 Å². The molecule has 0 radical (unpaired) electrons. The minimum absolute atomic E-state index is 0.288. The molecular formula is C10H20N2O. The summed E-state index contributed by atoms with van der Waals surface area (Å²) in [5.74, 6) is 0. The van der Waals surface area contributed by atoms with Gasteiger partial charge in [0, 0.05) is 31.7 Å². The van der Waals surface area contributed by atoms with Crippen LogP contribution >= 0.6 is 0 Å². The maximum atomic E-state index is 8.83. The summed E-state index contributed by atoms with van der Waals surface area (Å²) in [5, 5.41) is 8.83. The number of likely N-dealkylation sites (tertiary alicyclic amines) is 1. The number of hydrogen-bond acceptors (Lipinski definition) is 3. The SMILES string of the molecule is CN(CCO)C1CCN(C2CC2)C1. The van der Waals surface area contributed by atoms with Crippen LogP contribution < -0.4 is 0 Å². The Morgan fingerprint density at radius 2 is 2.15 bits per heavy atom. The lowest BCUT2D eigenvalue weighted by atomic mass is 10.2. The van der Waals surface area contributed by atoms with Crippen molar-refractivity contribution in [2.24, 2.45) is 0 Å². The fourth-order valence-electron chi connectivity index (χ4n) is 2.24. The maximum Gasteiger partial charge on any atom is 0.0558 e. The topological polar surface area (TPSA) is 26.7 Å². The summed E-state index contributed by atoms with van der Waals surface area (Å²) in [4.78, 5) is 4.90. The highest BCUT2D eigenvalue weighted by atomic mass is 16.3. The first-order valence-electron chi connectivity index (χ1n) is 5.36. The van der Waals surface area contributed by atoms with Crippen molar-refractivity contribution in [2.75, 3.05) is 33.3 Å². The molecular weight excluding hydrogens is 164 g/mol. The monoisotopic (exact) mass is 184 g/mol. The second kappa shape index (κ2) is 3.95. The molecule has 1 heterocycles. The van der Waals surface area contributed by atoms with Crippen molar-refractivity contribution >= 4 is 0 Å². The Balaban J connectivity index is 1.76. The molecule has 1 aliphatic carbocycles. The first kappa shape index (κ1) is 9.44. The van der Waals surface area contributed by atoms with Crippen molar-refractivity contribution in [1.82, 2.24) is 9.80 Å². The van der Waals surface area contributed by atoms with E-state index in [0.29, 0.717) is 6.04 Å². The number of nitrogens with zero attached hydrogens (tertiary/aromatic N) is 2. The third-order valence-electron chi connectivity index (χ3n) is 3.33. The molecule has 1 N–H and O–H groups in total. The molecule has 2 aliphatic rings. The first-order chi connectivity index (χ1) is 6.31. The van der Waals surface area contributed by atoms with Crippen LogP contribution in [0.15, 0.2) is 0 Å². The van der Waals surface area contributed by atoms with E-state index in [-0.39, 0.29) is 6.61 Å². The lowest BCUT2D eigenvalue weighted by Gasteiger charge is -2.23. The van der Waals surface area contributed by atoms with Crippen LogP contribution in [0, 0.1) is 0 Å². The third kappa shape index (κ3) is 2.22. The number of likely N-dealkylation sites (N-methyl/N-ethyl adjacent to an activating group) is 1. The molecule has 2 rings (SSSR count). The second-order valence-corrected chi connectivity index (χ2v) is 4.37. The Labute approximate surface area is 80.3 Å². The molecule has 3 heteroatoms. The lowest BCUT2D eigenvalue weighted by Crippen LogP contribution is -2.36. The van der Waals surface area contributed by atoms with Gasteiger partial charge < -0.3 is 5.11 Å². The van der Waals surface area contributed by atoms with Gasteiger partial charge in [-0.1, -0.05) is 0 Å². The molecule has 0 spiro atoms. The van der Waals surface area contributed by atoms with Crippen molar-refractivity contribution in [3.63, 3.8) is 0 Å². The fourth-order valence-corrected chi connectivity index (χ4v) is 2.24. The standard InChI is InChI=1S/C10H20N2O/c1-11(6-7-13)10-4-5-12(8-10)9-2-3-9/h9-10,13H,2-8H2,1H3. The smallest absolute Gasteiger partial charge is 0.0558 e. The van der Waals surface area contributed by atoms with E-state index in [9.17, 15) is 0 Å². The number of aliphatic hydroxyl groups is 1. The fraction of sp³-hybridized carbons (Fsp3) is 1.00. The van der Waals surface area contributed by atoms with E-state index in [1.54, 1.807) is 0 Å². The van der Waals surface area contributed by atoms with Crippen molar-refractivity contribution in [3.8, 4) is 0 Å². The zero-order chi connectivity index (χ0) is 9.26. The minimum Gasteiger partial charge on any atom is -0.395 e. The highest BCUT2D eigenvalue weighted by Gasteiger charge is 2.35. The van der Waals surface area contributed by atoms with Crippen LogP contribution in [0.1, 0.15) is 19.3 Å². The Morgan fingerprint density at radius 3 is 2.77 bits per heavy atom. The Bertz CT molecular complexity index is 170. The molecule has 0 aromatic rings. The number of aliphatic hydroxyl groups excluding tert-OH is 1. The molecule has 0 aromatic heterocycles. The predicted octanol–water partition coefficient (Wildman–Crippen LogP) is 0.147. The van der Waals surface area contributed by atoms with Crippen molar-refractivity contribution in [2.45, 2.75) is 31.3 Å². The Hall–Kier alpha value is -0.120. The van der Waals surface area contributed by atoms with Crippen LogP contribution in [-0.4, -0.2) is 60.3 Å². The van der Waals surface area contributed by atoms with Gasteiger partial charge >= 0.3 is 0 Å². The highest BCUT2D eigenvalue weighted by molar-refractivity contribution is 4.92. The Kier molecular flexibility index (Phi) is 2.86. The summed E-state index contributed by atoms with van der Waals surface area (Å²) in [7, 11) is 2.12. The molecule has 2 fully saturated rings. The molecule has 1 unspecified atom stereocenters. The summed E-state index contributed by atoms with van der Waals surface area (Å²) < 4.78 is 0. The maximum absolute atomic E-state index is 8.83. The van der Waals surface area contributed by atoms with E-state index in [4.69, 9.17) is 5.11 Å². The molecule has 0 amide bonds. The van der Waals surface area contributed by atoms with Crippen molar-refractivity contribution < 1.29 is 5.11 Å². The van der Waals surface area contributed by atoms with E-state index >= 15 is 0 Å². The van der Waals surface area contributed by atoms with Crippen molar-refractivity contribution in [1.29, 1.82) is 0 Å². The predicted molar refractivity (Wildman–Crippen MR) is 52.7 cm³/mol. The molecule has 13 heavy (non-hydrogen) atoms. The van der Waals surface area contributed by atoms with Gasteiger partial charge in [-0.2, -0.15) is 0 Å². The molecule has 0 aromatic carbocycles. The Morgan fingerprint density at radius 1 is 1.38 bits per heavy atom. The van der Waals surface area contributed by atoms with E-state index in [1.165, 1.54) is 32.4 Å². The summed E-state index contributed by atoms with van der Waals surface area (Å²) in [6.45, 7) is 3.60. The normalized spacial score (nSPS) is 30.2. The van der Waals surface area contributed by atoms with Gasteiger partial charge in [0.25, 0.3) is 0 Å². The van der Waals surface area contributed by atoms with Crippen LogP contribution in [0.2, 0.25) is 0 Å². The second-order valence-electron chi connectivity index (χ2n) is 4.37. The average Bonchev–Trinajstić information content (AvgIpc) is 2.84. The quantitative estimate of drug-likeness (QED) is 0.673. The molecule has 1 saturated carbocycles. The van der Waals surface area contributed by atoms with Crippen molar-refractivity contribution in [3.05, 3.63) is 0 Å². The van der Waals surface area contributed by atoms with Gasteiger partial charge in [-0.3, -0.25) is 9.80 Å². The molecule has 76 valence electrons. The van der Waals surface area contributed by atoms with Gasteiger partial charge in [0.15, 0.2) is 0 Å². The highest BCUT2D eigenvalue weighted by Crippen LogP contribution is 2.30. The van der Waals surface area contributed by atoms with Gasteiger partial charge in [-0.15, -0.1) is 0 Å². The minimum atomic E-state index is 0.288. The van der Waals surface area contributed by atoms with E-state index < -0.39 is 0 Å². The molecule has 1 atom stereocenters. The van der Waals surface area contributed by atoms with Crippen LogP contribution in [0.25, 0.3) is 0 Å². The van der Waals surface area contributed by atoms with Gasteiger partial charge in [0.1, 0.15) is 0 Å². The van der Waals surface area contributed by atoms with Gasteiger partial charge in [0.05, 0.1) is 6.61 Å². The molecule has 3 nitrogen and oxygen atoms in total. The zero-order valence-corrected chi connectivity index (χ0v) is 8.45. The molecule has 1 aliphatic heterocycles. The summed E-state index contributed by atoms with van der Waals surface area (Å²) >= 11 is 0. The lowest BCUT2D eigenvalue weighted by molar-refractivity contribution is 0.177. The van der Waals surface area contributed by atoms with E-state index in [2.05, 4.69) is 16.8 Å². The van der Waals surface area contributed by atoms with Gasteiger partial charge in [-0.05, 0) is 26.3 Å². The van der Waals surface area contributed by atoms with E-state index in [1.807, 2.05) is 0 Å². The zero-order valence-electron chi connectivity index (χ0n) is 8.45. The van der Waals surface area contributed by atoms with Crippen LogP contribution in [0.5, 0.6) is 0 Å². The summed E-state index contributed by atoms with van der Waals surface area (Å²) in [6.07, 6.45) is 4.11. The van der Waals surface area contributed by atoms with Crippen LogP contribution in [-0.2, 0) is 0 Å². The van der Waals surface area contributed by atoms with Crippen LogP contribution in [0.3, 0.4) is 0 Å². The van der Waals surface area contributed by atoms with Gasteiger partial charge in [0.2, 0.25) is 0 Å². The van der Waals surface area contributed by atoms with E-state index in [0.717, 1.165) is 12.6 Å². The number of hydrogen-bond donors (Lipinski definition) is 1. The number of rotatable bonds is 4. The average molecular weight is 184 g/mol. The third-order valence-corrected chi connectivity index (χ3v) is 3.33. The summed E-state index contributed by atoms with van der Waals surface area (Å²) in [5.41, 5.74) is 0. The summed E-state index contributed by atoms with van der Waals surface area (Å²) in [6, 6.07) is 1.60. The first-order valence-corrected chi connectivity index (χ1v) is 5.36. The largest absolute Gasteiger partial charge is 0.395 e. The van der Waals surface area contributed by atoms with Gasteiger partial charge in [-0.25, -0.2) is 0 Å². The molecule has 0 bridgehead atoms.